The van der Waals surface area contributed by atoms with Crippen molar-refractivity contribution < 1.29 is 14.6 Å². The number of aliphatic hydroxyl groups excluding tert-OH is 1. The Kier molecular flexibility index (Phi) is 4.11. The summed E-state index contributed by atoms with van der Waals surface area (Å²) in [6.07, 6.45) is 3.01. The molecule has 2 aromatic rings. The third-order valence-corrected chi connectivity index (χ3v) is 3.82. The van der Waals surface area contributed by atoms with Gasteiger partial charge in [-0.05, 0) is 24.1 Å². The number of benzene rings is 1. The van der Waals surface area contributed by atoms with Gasteiger partial charge in [0, 0.05) is 23.5 Å². The van der Waals surface area contributed by atoms with Gasteiger partial charge >= 0.3 is 0 Å². The van der Waals surface area contributed by atoms with Crippen LogP contribution < -0.4 is 10.1 Å². The van der Waals surface area contributed by atoms with E-state index in [2.05, 4.69) is 15.5 Å². The van der Waals surface area contributed by atoms with Crippen LogP contribution in [0.5, 0.6) is 5.75 Å². The Morgan fingerprint density at radius 1 is 1.45 bits per heavy atom. The molecule has 0 spiro atoms. The normalized spacial score (nSPS) is 17.0. The zero-order valence-corrected chi connectivity index (χ0v) is 12.4. The molecule has 1 unspecified atom stereocenters. The average molecular weight is 301 g/mol. The Bertz CT molecular complexity index is 681. The van der Waals surface area contributed by atoms with E-state index in [-0.39, 0.29) is 18.4 Å². The fourth-order valence-corrected chi connectivity index (χ4v) is 2.74. The summed E-state index contributed by atoms with van der Waals surface area (Å²) < 4.78 is 5.64. The van der Waals surface area contributed by atoms with Crippen molar-refractivity contribution in [3.8, 4) is 5.75 Å². The van der Waals surface area contributed by atoms with Gasteiger partial charge in [-0.3, -0.25) is 9.89 Å². The van der Waals surface area contributed by atoms with Crippen molar-refractivity contribution in [2.24, 2.45) is 0 Å². The molecule has 3 N–H and O–H groups in total. The molecule has 2 heterocycles. The van der Waals surface area contributed by atoms with Crippen molar-refractivity contribution in [2.45, 2.75) is 32.3 Å². The van der Waals surface area contributed by atoms with E-state index in [0.29, 0.717) is 24.6 Å². The highest BCUT2D eigenvalue weighted by molar-refractivity contribution is 5.94. The first-order valence-electron chi connectivity index (χ1n) is 7.42. The largest absolute Gasteiger partial charge is 0.493 e. The van der Waals surface area contributed by atoms with Gasteiger partial charge in [0.05, 0.1) is 19.4 Å². The SMILES string of the molecule is CCCOc1ccc(C2CC(=O)Nc3[nH]ncc32)cc1CO. The molecule has 1 aliphatic rings. The molecule has 1 amide bonds. The molecular weight excluding hydrogens is 282 g/mol. The Morgan fingerprint density at radius 3 is 3.09 bits per heavy atom. The van der Waals surface area contributed by atoms with Crippen LogP contribution in [0.25, 0.3) is 0 Å². The predicted octanol–water partition coefficient (Wildman–Crippen LogP) is 2.16. The second-order valence-electron chi connectivity index (χ2n) is 5.38. The number of aliphatic hydroxyl groups is 1. The first-order chi connectivity index (χ1) is 10.7. The third-order valence-electron chi connectivity index (χ3n) is 3.82. The summed E-state index contributed by atoms with van der Waals surface area (Å²) in [7, 11) is 0. The smallest absolute Gasteiger partial charge is 0.226 e. The predicted molar refractivity (Wildman–Crippen MR) is 81.8 cm³/mol. The fourth-order valence-electron chi connectivity index (χ4n) is 2.74. The standard InChI is InChI=1S/C16H19N3O3/c1-2-5-22-14-4-3-10(6-11(14)9-20)12-7-15(21)18-16-13(12)8-17-19-16/h3-4,6,8,12,20H,2,5,7,9H2,1H3,(H2,17,18,19,21). The number of H-pyrrole nitrogens is 1. The van der Waals surface area contributed by atoms with Crippen LogP contribution in [0, 0.1) is 0 Å². The number of carbonyl (C=O) groups is 1. The van der Waals surface area contributed by atoms with Gasteiger partial charge in [-0.2, -0.15) is 5.10 Å². The molecule has 6 heteroatoms. The minimum atomic E-state index is -0.0932. The van der Waals surface area contributed by atoms with Gasteiger partial charge in [0.15, 0.2) is 0 Å². The average Bonchev–Trinajstić information content (AvgIpc) is 3.00. The Labute approximate surface area is 128 Å². The summed E-state index contributed by atoms with van der Waals surface area (Å²) in [6.45, 7) is 2.56. The number of aromatic nitrogens is 2. The topological polar surface area (TPSA) is 87.2 Å². The number of amides is 1. The van der Waals surface area contributed by atoms with Crippen LogP contribution in [-0.4, -0.2) is 27.8 Å². The molecule has 1 atom stereocenters. The summed E-state index contributed by atoms with van der Waals surface area (Å²) in [4.78, 5) is 11.8. The van der Waals surface area contributed by atoms with E-state index < -0.39 is 0 Å². The quantitative estimate of drug-likeness (QED) is 0.790. The number of rotatable bonds is 5. The Balaban J connectivity index is 1.94. The van der Waals surface area contributed by atoms with Gasteiger partial charge in [0.1, 0.15) is 11.6 Å². The highest BCUT2D eigenvalue weighted by Gasteiger charge is 2.28. The molecule has 3 rings (SSSR count). The number of fused-ring (bicyclic) bond motifs is 1. The minimum absolute atomic E-state index is 0.0430. The maximum absolute atomic E-state index is 11.8. The zero-order valence-electron chi connectivity index (χ0n) is 12.4. The number of nitrogens with zero attached hydrogens (tertiary/aromatic N) is 1. The van der Waals surface area contributed by atoms with Crippen molar-refractivity contribution in [1.82, 2.24) is 10.2 Å². The summed E-state index contributed by atoms with van der Waals surface area (Å²) in [5, 5.41) is 19.1. The molecule has 0 fully saturated rings. The monoisotopic (exact) mass is 301 g/mol. The number of anilines is 1. The number of hydrogen-bond donors (Lipinski definition) is 3. The molecule has 1 aromatic heterocycles. The molecule has 0 saturated carbocycles. The number of ether oxygens (including phenoxy) is 1. The van der Waals surface area contributed by atoms with Crippen LogP contribution in [0.1, 0.15) is 42.4 Å². The van der Waals surface area contributed by atoms with Crippen LogP contribution in [0.15, 0.2) is 24.4 Å². The number of carbonyl (C=O) groups excluding carboxylic acids is 1. The molecule has 0 bridgehead atoms. The summed E-state index contributed by atoms with van der Waals surface area (Å²) in [5.74, 6) is 1.24. The highest BCUT2D eigenvalue weighted by atomic mass is 16.5. The lowest BCUT2D eigenvalue weighted by molar-refractivity contribution is -0.116. The van der Waals surface area contributed by atoms with Gasteiger partial charge in [0.25, 0.3) is 0 Å². The highest BCUT2D eigenvalue weighted by Crippen LogP contribution is 2.37. The Hall–Kier alpha value is -2.34. The summed E-state index contributed by atoms with van der Waals surface area (Å²) in [5.41, 5.74) is 2.68. The van der Waals surface area contributed by atoms with E-state index in [0.717, 1.165) is 23.1 Å². The third kappa shape index (κ3) is 2.69. The first-order valence-corrected chi connectivity index (χ1v) is 7.42. The van der Waals surface area contributed by atoms with Gasteiger partial charge in [-0.1, -0.05) is 13.0 Å². The lowest BCUT2D eigenvalue weighted by atomic mass is 9.86. The zero-order chi connectivity index (χ0) is 15.5. The van der Waals surface area contributed by atoms with E-state index in [1.165, 1.54) is 0 Å². The fraction of sp³-hybridized carbons (Fsp3) is 0.375. The van der Waals surface area contributed by atoms with Crippen molar-refractivity contribution >= 4 is 11.7 Å². The minimum Gasteiger partial charge on any atom is -0.493 e. The van der Waals surface area contributed by atoms with E-state index in [1.54, 1.807) is 6.20 Å². The summed E-state index contributed by atoms with van der Waals surface area (Å²) in [6, 6.07) is 5.72. The summed E-state index contributed by atoms with van der Waals surface area (Å²) >= 11 is 0. The number of hydrogen-bond acceptors (Lipinski definition) is 4. The van der Waals surface area contributed by atoms with Crippen LogP contribution in [0.2, 0.25) is 0 Å². The van der Waals surface area contributed by atoms with E-state index in [4.69, 9.17) is 4.74 Å². The van der Waals surface area contributed by atoms with Crippen molar-refractivity contribution in [2.75, 3.05) is 11.9 Å². The molecule has 116 valence electrons. The molecular formula is C16H19N3O3. The van der Waals surface area contributed by atoms with E-state index in [9.17, 15) is 9.90 Å². The van der Waals surface area contributed by atoms with Gasteiger partial charge in [0.2, 0.25) is 5.91 Å². The van der Waals surface area contributed by atoms with Crippen molar-refractivity contribution in [3.63, 3.8) is 0 Å². The van der Waals surface area contributed by atoms with Crippen LogP contribution in [0.4, 0.5) is 5.82 Å². The second-order valence-corrected chi connectivity index (χ2v) is 5.38. The van der Waals surface area contributed by atoms with Crippen LogP contribution >= 0.6 is 0 Å². The molecule has 1 aliphatic heterocycles. The molecule has 0 radical (unpaired) electrons. The molecule has 22 heavy (non-hydrogen) atoms. The molecule has 1 aromatic carbocycles. The van der Waals surface area contributed by atoms with Gasteiger partial charge in [-0.15, -0.1) is 0 Å². The number of aromatic amines is 1. The maximum Gasteiger partial charge on any atom is 0.226 e. The lowest BCUT2D eigenvalue weighted by Crippen LogP contribution is -2.23. The molecule has 0 aliphatic carbocycles. The van der Waals surface area contributed by atoms with Crippen LogP contribution in [-0.2, 0) is 11.4 Å². The van der Waals surface area contributed by atoms with Crippen molar-refractivity contribution in [1.29, 1.82) is 0 Å². The van der Waals surface area contributed by atoms with E-state index in [1.807, 2.05) is 25.1 Å². The molecule has 0 saturated heterocycles. The van der Waals surface area contributed by atoms with Gasteiger partial charge < -0.3 is 15.2 Å². The number of nitrogens with one attached hydrogen (secondary N) is 2. The van der Waals surface area contributed by atoms with Crippen molar-refractivity contribution in [3.05, 3.63) is 41.1 Å². The maximum atomic E-state index is 11.8. The van der Waals surface area contributed by atoms with Gasteiger partial charge in [-0.25, -0.2) is 0 Å². The Morgan fingerprint density at radius 2 is 2.32 bits per heavy atom. The first kappa shape index (κ1) is 14.6. The lowest BCUT2D eigenvalue weighted by Gasteiger charge is -2.23. The van der Waals surface area contributed by atoms with E-state index >= 15 is 0 Å². The second kappa shape index (κ2) is 6.19. The van der Waals surface area contributed by atoms with Crippen LogP contribution in [0.3, 0.4) is 0 Å². The molecule has 6 nitrogen and oxygen atoms in total.